The van der Waals surface area contributed by atoms with E-state index in [9.17, 15) is 4.79 Å². The van der Waals surface area contributed by atoms with Crippen LogP contribution in [-0.4, -0.2) is 20.3 Å². The fraction of sp³-hybridized carbons (Fsp3) is 0.667. The third-order valence-corrected chi connectivity index (χ3v) is 8.02. The molecule has 2 bridgehead atoms. The Hall–Kier alpha value is -0.331. The zero-order valence-electron chi connectivity index (χ0n) is 11.3. The van der Waals surface area contributed by atoms with E-state index in [0.717, 1.165) is 6.42 Å². The Balaban J connectivity index is 2.14. The molecule has 1 aromatic rings. The van der Waals surface area contributed by atoms with Gasteiger partial charge in [-0.05, 0) is 0 Å². The Morgan fingerprint density at radius 2 is 1.94 bits per heavy atom. The fourth-order valence-electron chi connectivity index (χ4n) is 3.28. The number of rotatable bonds is 0. The molecule has 3 aliphatic rings. The molecule has 0 amide bonds. The van der Waals surface area contributed by atoms with E-state index in [1.165, 1.54) is 14.4 Å². The predicted molar refractivity (Wildman–Crippen MR) is 71.0 cm³/mol. The summed E-state index contributed by atoms with van der Waals surface area (Å²) < 4.78 is 2.72. The average molecular weight is 295 g/mol. The van der Waals surface area contributed by atoms with E-state index in [1.54, 1.807) is 0 Å². The maximum absolute atomic E-state index is 12.5. The quantitative estimate of drug-likeness (QED) is 0.671. The summed E-state index contributed by atoms with van der Waals surface area (Å²) in [6.07, 6.45) is 1.11. The molecule has 1 aromatic heterocycles. The van der Waals surface area contributed by atoms with Gasteiger partial charge in [0.25, 0.3) is 0 Å². The van der Waals surface area contributed by atoms with Crippen molar-refractivity contribution in [3.8, 4) is 0 Å². The Bertz CT molecular complexity index is 501. The van der Waals surface area contributed by atoms with Crippen LogP contribution in [-0.2, 0) is 5.41 Å². The van der Waals surface area contributed by atoms with Gasteiger partial charge in [-0.25, -0.2) is 0 Å². The Labute approximate surface area is 109 Å². The van der Waals surface area contributed by atoms with Gasteiger partial charge in [0.15, 0.2) is 0 Å². The summed E-state index contributed by atoms with van der Waals surface area (Å²) in [6.45, 7) is 11.3. The second-order valence-electron chi connectivity index (χ2n) is 7.17. The van der Waals surface area contributed by atoms with E-state index in [2.05, 4.69) is 40.7 Å². The standard InChI is InChI=1S/C15H20OSe/c1-14(2,3)11-6-8-9-7-10(15(9,4)5)12(16)13(8)17-11/h6,9-10H,7H2,1-5H3/t9-,10+/m0/s1. The van der Waals surface area contributed by atoms with E-state index in [1.807, 2.05) is 0 Å². The van der Waals surface area contributed by atoms with Crippen molar-refractivity contribution in [2.45, 2.75) is 52.4 Å². The predicted octanol–water partition coefficient (Wildman–Crippen LogP) is 3.37. The molecular weight excluding hydrogens is 275 g/mol. The van der Waals surface area contributed by atoms with Gasteiger partial charge >= 0.3 is 109 Å². The van der Waals surface area contributed by atoms with Crippen molar-refractivity contribution in [2.75, 3.05) is 0 Å². The minimum absolute atomic E-state index is 0.218. The third kappa shape index (κ3) is 1.40. The zero-order valence-corrected chi connectivity index (χ0v) is 13.0. The van der Waals surface area contributed by atoms with Crippen molar-refractivity contribution in [3.05, 3.63) is 20.5 Å². The van der Waals surface area contributed by atoms with E-state index in [4.69, 9.17) is 0 Å². The fourth-order valence-corrected chi connectivity index (χ4v) is 5.96. The summed E-state index contributed by atoms with van der Waals surface area (Å²) in [7, 11) is 0. The van der Waals surface area contributed by atoms with Crippen molar-refractivity contribution in [1.82, 2.24) is 0 Å². The first-order chi connectivity index (χ1) is 7.73. The molecule has 2 heteroatoms. The van der Waals surface area contributed by atoms with Gasteiger partial charge in [0.05, 0.1) is 0 Å². The molecule has 92 valence electrons. The molecule has 1 heterocycles. The van der Waals surface area contributed by atoms with E-state index in [-0.39, 0.29) is 10.8 Å². The van der Waals surface area contributed by atoms with Crippen molar-refractivity contribution < 1.29 is 4.79 Å². The van der Waals surface area contributed by atoms with Gasteiger partial charge < -0.3 is 0 Å². The molecule has 1 fully saturated rings. The molecule has 1 saturated carbocycles. The Morgan fingerprint density at radius 3 is 2.47 bits per heavy atom. The number of Topliss-reactive ketones (excluding diaryl/α,β-unsaturated/α-hetero) is 1. The summed E-state index contributed by atoms with van der Waals surface area (Å²) in [5.41, 5.74) is 1.86. The molecule has 0 N–H and O–H groups in total. The Kier molecular flexibility index (Phi) is 2.18. The summed E-state index contributed by atoms with van der Waals surface area (Å²) in [6, 6.07) is 2.37. The molecule has 4 rings (SSSR count). The van der Waals surface area contributed by atoms with Gasteiger partial charge in [-0.15, -0.1) is 0 Å². The van der Waals surface area contributed by atoms with Crippen LogP contribution < -0.4 is 0 Å². The number of carbonyl (C=O) groups excluding carboxylic acids is 1. The molecule has 1 nitrogen and oxygen atoms in total. The van der Waals surface area contributed by atoms with Crippen LogP contribution in [0.25, 0.3) is 0 Å². The van der Waals surface area contributed by atoms with Gasteiger partial charge in [0.2, 0.25) is 0 Å². The van der Waals surface area contributed by atoms with Crippen LogP contribution in [0.15, 0.2) is 6.07 Å². The zero-order chi connectivity index (χ0) is 12.6. The average Bonchev–Trinajstić information content (AvgIpc) is 2.61. The first-order valence-electron chi connectivity index (χ1n) is 6.41. The number of hydrogen-bond donors (Lipinski definition) is 0. The molecule has 0 spiro atoms. The molecule has 0 aromatic carbocycles. The molecule has 2 atom stereocenters. The van der Waals surface area contributed by atoms with Crippen LogP contribution >= 0.6 is 0 Å². The first-order valence-corrected chi connectivity index (χ1v) is 8.12. The SMILES string of the molecule is CC(C)(C)c1cc2c([se]1)C(=O)[C@H]1C[C@@H]2C1(C)C. The van der Waals surface area contributed by atoms with Gasteiger partial charge in [-0.2, -0.15) is 0 Å². The van der Waals surface area contributed by atoms with Gasteiger partial charge in [0.1, 0.15) is 0 Å². The molecule has 0 radical (unpaired) electrons. The third-order valence-electron chi connectivity index (χ3n) is 4.68. The minimum atomic E-state index is 0.218. The molecule has 17 heavy (non-hydrogen) atoms. The summed E-state index contributed by atoms with van der Waals surface area (Å²) >= 11 is 0.304. The van der Waals surface area contributed by atoms with Gasteiger partial charge in [0, 0.05) is 0 Å². The second-order valence-corrected chi connectivity index (χ2v) is 9.38. The summed E-state index contributed by atoms with van der Waals surface area (Å²) in [4.78, 5) is 12.5. The van der Waals surface area contributed by atoms with Gasteiger partial charge in [-0.1, -0.05) is 0 Å². The van der Waals surface area contributed by atoms with Crippen LogP contribution in [0.4, 0.5) is 0 Å². The van der Waals surface area contributed by atoms with E-state index < -0.39 is 0 Å². The van der Waals surface area contributed by atoms with Crippen molar-refractivity contribution in [1.29, 1.82) is 0 Å². The monoisotopic (exact) mass is 296 g/mol. The van der Waals surface area contributed by atoms with Crippen LogP contribution in [0.5, 0.6) is 0 Å². The van der Waals surface area contributed by atoms with Crippen molar-refractivity contribution >= 4 is 20.3 Å². The number of carbonyl (C=O) groups is 1. The summed E-state index contributed by atoms with van der Waals surface area (Å²) in [5, 5.41) is 0. The molecule has 0 unspecified atom stereocenters. The van der Waals surface area contributed by atoms with Gasteiger partial charge in [-0.3, -0.25) is 0 Å². The van der Waals surface area contributed by atoms with Crippen LogP contribution in [0, 0.1) is 11.3 Å². The first kappa shape index (κ1) is 11.7. The van der Waals surface area contributed by atoms with Crippen molar-refractivity contribution in [3.63, 3.8) is 0 Å². The number of ketones is 1. The number of hydrogen-bond acceptors (Lipinski definition) is 1. The molecule has 3 aliphatic carbocycles. The van der Waals surface area contributed by atoms with Crippen LogP contribution in [0.3, 0.4) is 0 Å². The Morgan fingerprint density at radius 1 is 1.29 bits per heavy atom. The van der Waals surface area contributed by atoms with Crippen LogP contribution in [0.2, 0.25) is 0 Å². The molecule has 0 saturated heterocycles. The van der Waals surface area contributed by atoms with E-state index in [0.29, 0.717) is 32.1 Å². The van der Waals surface area contributed by atoms with E-state index >= 15 is 0 Å². The van der Waals surface area contributed by atoms with Crippen molar-refractivity contribution in [2.24, 2.45) is 11.3 Å². The molecular formula is C15H20OSe. The maximum atomic E-state index is 12.5. The summed E-state index contributed by atoms with van der Waals surface area (Å²) in [5.74, 6) is 1.45. The topological polar surface area (TPSA) is 17.1 Å². The second kappa shape index (κ2) is 3.16. The molecule has 0 aliphatic heterocycles. The normalized spacial score (nSPS) is 29.8. The van der Waals surface area contributed by atoms with Crippen LogP contribution in [0.1, 0.15) is 66.2 Å².